The zero-order valence-corrected chi connectivity index (χ0v) is 9.39. The van der Waals surface area contributed by atoms with E-state index in [9.17, 15) is 4.79 Å². The molecule has 0 aliphatic heterocycles. The van der Waals surface area contributed by atoms with Crippen LogP contribution in [0.3, 0.4) is 0 Å². The Bertz CT molecular complexity index is 386. The Balaban J connectivity index is 2.33. The van der Waals surface area contributed by atoms with E-state index in [4.69, 9.17) is 5.11 Å². The smallest absolute Gasteiger partial charge is 0.312 e. The first-order chi connectivity index (χ1) is 7.70. The number of carboxylic acid groups (broad SMARTS) is 1. The van der Waals surface area contributed by atoms with Gasteiger partial charge in [0.25, 0.3) is 0 Å². The fourth-order valence-electron chi connectivity index (χ4n) is 2.32. The number of hydrogen-bond acceptors (Lipinski definition) is 3. The number of aliphatic carboxylic acids is 1. The van der Waals surface area contributed by atoms with Crippen molar-refractivity contribution < 1.29 is 9.90 Å². The van der Waals surface area contributed by atoms with Gasteiger partial charge in [-0.25, -0.2) is 0 Å². The van der Waals surface area contributed by atoms with E-state index < -0.39 is 11.9 Å². The molecule has 0 aromatic carbocycles. The third-order valence-corrected chi connectivity index (χ3v) is 3.28. The molecule has 0 bridgehead atoms. The third kappa shape index (κ3) is 2.05. The van der Waals surface area contributed by atoms with Gasteiger partial charge in [-0.1, -0.05) is 12.8 Å². The normalized spacial score (nSPS) is 18.6. The molecular weight excluding hydrogens is 204 g/mol. The van der Waals surface area contributed by atoms with Gasteiger partial charge in [0, 0.05) is 18.3 Å². The fraction of sp³-hybridized carbons (Fsp3) is 0.583. The van der Waals surface area contributed by atoms with Crippen LogP contribution in [0.1, 0.15) is 55.8 Å². The summed E-state index contributed by atoms with van der Waals surface area (Å²) >= 11 is 0. The molecule has 0 spiro atoms. The minimum absolute atomic E-state index is 0.408. The van der Waals surface area contributed by atoms with Crippen molar-refractivity contribution in [2.45, 2.75) is 44.4 Å². The molecule has 4 nitrogen and oxygen atoms in total. The van der Waals surface area contributed by atoms with Gasteiger partial charge in [0.2, 0.25) is 0 Å². The maximum absolute atomic E-state index is 11.0. The molecule has 1 aromatic rings. The molecule has 1 aromatic heterocycles. The van der Waals surface area contributed by atoms with Crippen molar-refractivity contribution in [3.63, 3.8) is 0 Å². The molecule has 1 N–H and O–H groups in total. The standard InChI is InChI=1S/C12H16N2O2/c1-8(12(15)16)10-11(14-7-6-13-10)9-4-2-3-5-9/h6-9H,2-5H2,1H3,(H,15,16). The molecule has 0 saturated heterocycles. The summed E-state index contributed by atoms with van der Waals surface area (Å²) in [7, 11) is 0. The average Bonchev–Trinajstić information content (AvgIpc) is 2.81. The zero-order chi connectivity index (χ0) is 11.5. The van der Waals surface area contributed by atoms with E-state index in [0.717, 1.165) is 18.5 Å². The van der Waals surface area contributed by atoms with Crippen LogP contribution in [0.5, 0.6) is 0 Å². The molecule has 0 amide bonds. The van der Waals surface area contributed by atoms with Crippen molar-refractivity contribution in [1.82, 2.24) is 9.97 Å². The van der Waals surface area contributed by atoms with E-state index >= 15 is 0 Å². The quantitative estimate of drug-likeness (QED) is 0.849. The Morgan fingerprint density at radius 3 is 2.62 bits per heavy atom. The Hall–Kier alpha value is -1.45. The molecule has 2 rings (SSSR count). The molecule has 1 atom stereocenters. The van der Waals surface area contributed by atoms with Gasteiger partial charge in [-0.3, -0.25) is 14.8 Å². The molecular formula is C12H16N2O2. The maximum atomic E-state index is 11.0. The molecule has 1 aliphatic rings. The van der Waals surface area contributed by atoms with Gasteiger partial charge < -0.3 is 5.11 Å². The second-order valence-electron chi connectivity index (χ2n) is 4.37. The van der Waals surface area contributed by atoms with Crippen LogP contribution in [-0.4, -0.2) is 21.0 Å². The number of hydrogen-bond donors (Lipinski definition) is 1. The third-order valence-electron chi connectivity index (χ3n) is 3.28. The van der Waals surface area contributed by atoms with Crippen LogP contribution in [0.4, 0.5) is 0 Å². The average molecular weight is 220 g/mol. The monoisotopic (exact) mass is 220 g/mol. The summed E-state index contributed by atoms with van der Waals surface area (Å²) in [5.41, 5.74) is 1.54. The van der Waals surface area contributed by atoms with Crippen LogP contribution in [-0.2, 0) is 4.79 Å². The molecule has 4 heteroatoms. The predicted octanol–water partition coefficient (Wildman–Crippen LogP) is 2.32. The lowest BCUT2D eigenvalue weighted by molar-refractivity contribution is -0.138. The molecule has 1 saturated carbocycles. The summed E-state index contributed by atoms with van der Waals surface area (Å²) < 4.78 is 0. The molecule has 16 heavy (non-hydrogen) atoms. The summed E-state index contributed by atoms with van der Waals surface area (Å²) in [6.07, 6.45) is 7.87. The number of nitrogens with zero attached hydrogens (tertiary/aromatic N) is 2. The first-order valence-electron chi connectivity index (χ1n) is 5.73. The van der Waals surface area contributed by atoms with Crippen molar-refractivity contribution in [1.29, 1.82) is 0 Å². The van der Waals surface area contributed by atoms with E-state index in [1.165, 1.54) is 12.8 Å². The Morgan fingerprint density at radius 1 is 1.38 bits per heavy atom. The Morgan fingerprint density at radius 2 is 2.00 bits per heavy atom. The van der Waals surface area contributed by atoms with Gasteiger partial charge in [-0.05, 0) is 19.8 Å². The van der Waals surface area contributed by atoms with Gasteiger partial charge in [0.1, 0.15) is 0 Å². The van der Waals surface area contributed by atoms with Gasteiger partial charge in [-0.2, -0.15) is 0 Å². The highest BCUT2D eigenvalue weighted by molar-refractivity contribution is 5.75. The molecule has 1 aliphatic carbocycles. The van der Waals surface area contributed by atoms with Crippen LogP contribution in [0.15, 0.2) is 12.4 Å². The first kappa shape index (κ1) is 11.0. The predicted molar refractivity (Wildman–Crippen MR) is 59.3 cm³/mol. The molecule has 0 radical (unpaired) electrons. The van der Waals surface area contributed by atoms with Crippen LogP contribution < -0.4 is 0 Å². The van der Waals surface area contributed by atoms with Crippen molar-refractivity contribution in [2.24, 2.45) is 0 Å². The van der Waals surface area contributed by atoms with E-state index in [-0.39, 0.29) is 0 Å². The second kappa shape index (κ2) is 4.60. The lowest BCUT2D eigenvalue weighted by Crippen LogP contribution is -2.14. The zero-order valence-electron chi connectivity index (χ0n) is 9.39. The number of rotatable bonds is 3. The van der Waals surface area contributed by atoms with Crippen molar-refractivity contribution in [2.75, 3.05) is 0 Å². The van der Waals surface area contributed by atoms with Crippen LogP contribution in [0.2, 0.25) is 0 Å². The van der Waals surface area contributed by atoms with E-state index in [2.05, 4.69) is 9.97 Å². The highest BCUT2D eigenvalue weighted by Crippen LogP contribution is 2.35. The topological polar surface area (TPSA) is 63.1 Å². The molecule has 1 heterocycles. The van der Waals surface area contributed by atoms with Crippen molar-refractivity contribution in [3.8, 4) is 0 Å². The van der Waals surface area contributed by atoms with E-state index in [0.29, 0.717) is 11.6 Å². The largest absolute Gasteiger partial charge is 0.481 e. The van der Waals surface area contributed by atoms with Gasteiger partial charge in [0.05, 0.1) is 17.3 Å². The maximum Gasteiger partial charge on any atom is 0.312 e. The summed E-state index contributed by atoms with van der Waals surface area (Å²) in [5, 5.41) is 9.03. The summed E-state index contributed by atoms with van der Waals surface area (Å²) in [6.45, 7) is 1.67. The Kier molecular flexibility index (Phi) is 3.17. The van der Waals surface area contributed by atoms with Crippen LogP contribution in [0, 0.1) is 0 Å². The number of aromatic nitrogens is 2. The molecule has 86 valence electrons. The highest BCUT2D eigenvalue weighted by Gasteiger charge is 2.26. The first-order valence-corrected chi connectivity index (χ1v) is 5.73. The fourth-order valence-corrected chi connectivity index (χ4v) is 2.32. The summed E-state index contributed by atoms with van der Waals surface area (Å²) in [6, 6.07) is 0. The minimum atomic E-state index is -0.834. The van der Waals surface area contributed by atoms with Gasteiger partial charge >= 0.3 is 5.97 Å². The van der Waals surface area contributed by atoms with E-state index in [1.807, 2.05) is 0 Å². The number of carbonyl (C=O) groups is 1. The summed E-state index contributed by atoms with van der Waals surface area (Å²) in [5.74, 6) is -0.991. The van der Waals surface area contributed by atoms with Crippen molar-refractivity contribution in [3.05, 3.63) is 23.8 Å². The molecule has 1 fully saturated rings. The Labute approximate surface area is 94.7 Å². The van der Waals surface area contributed by atoms with Crippen LogP contribution in [0.25, 0.3) is 0 Å². The van der Waals surface area contributed by atoms with E-state index in [1.54, 1.807) is 19.3 Å². The van der Waals surface area contributed by atoms with Crippen molar-refractivity contribution >= 4 is 5.97 Å². The lowest BCUT2D eigenvalue weighted by atomic mass is 9.96. The van der Waals surface area contributed by atoms with Gasteiger partial charge in [0.15, 0.2) is 0 Å². The second-order valence-corrected chi connectivity index (χ2v) is 4.37. The van der Waals surface area contributed by atoms with Crippen LogP contribution >= 0.6 is 0 Å². The molecule has 1 unspecified atom stereocenters. The summed E-state index contributed by atoms with van der Waals surface area (Å²) in [4.78, 5) is 19.5. The lowest BCUT2D eigenvalue weighted by Gasteiger charge is -2.15. The highest BCUT2D eigenvalue weighted by atomic mass is 16.4. The number of carboxylic acids is 1. The SMILES string of the molecule is CC(C(=O)O)c1nccnc1C1CCCC1. The van der Waals surface area contributed by atoms with Gasteiger partial charge in [-0.15, -0.1) is 0 Å². The minimum Gasteiger partial charge on any atom is -0.481 e.